The first kappa shape index (κ1) is 53.5. The summed E-state index contributed by atoms with van der Waals surface area (Å²) in [6.45, 7) is 12.7. The molecule has 0 spiro atoms. The Hall–Kier alpha value is -6.10. The van der Waals surface area contributed by atoms with Gasteiger partial charge in [0.05, 0.1) is 10.0 Å². The number of hydrogen-bond donors (Lipinski definition) is 0. The normalized spacial score (nSPS) is 10.0. The van der Waals surface area contributed by atoms with Gasteiger partial charge in [0.25, 0.3) is 0 Å². The molecule has 0 saturated carbocycles. The highest BCUT2D eigenvalue weighted by atomic mass is 79.9. The summed E-state index contributed by atoms with van der Waals surface area (Å²) in [4.78, 5) is 0. The van der Waals surface area contributed by atoms with Gasteiger partial charge in [-0.1, -0.05) is 169 Å². The van der Waals surface area contributed by atoms with Crippen LogP contribution in [0.1, 0.15) is 164 Å². The van der Waals surface area contributed by atoms with Crippen LogP contribution in [0.25, 0.3) is 0 Å². The van der Waals surface area contributed by atoms with Crippen LogP contribution in [0, 0.1) is 73.3 Å². The van der Waals surface area contributed by atoms with E-state index in [1.54, 1.807) is 12.1 Å². The standard InChI is InChI=1S/C32H33F.C18H16BrF.C14H18/c1-4-6-7-8-10-27-13-17-29(18-14-27)20-22-31-23-25(3)30(24-32(31)33)21-19-28-15-11-26(9-5-2)12-16-28;1-3-4-14-5-7-15(8-6-14)9-10-16-12-18(20)17(19)11-13(16)2;1-3-5-6-7-8-14-11-9-13(4-2)10-12-14/h11-18,23-24H,4-10H2,1-3H3;5-8,11-12H,3-4H2,1-2H3;2,9-12H,3,5-8H2,1H3. The van der Waals surface area contributed by atoms with Crippen LogP contribution in [0.5, 0.6) is 0 Å². The molecule has 0 aromatic heterocycles. The molecule has 0 nitrogen and oxygen atoms in total. The molecule has 0 heterocycles. The lowest BCUT2D eigenvalue weighted by atomic mass is 10.0. The van der Waals surface area contributed by atoms with Gasteiger partial charge in [-0.25, -0.2) is 8.78 Å². The number of unbranched alkanes of at least 4 members (excludes halogenated alkanes) is 6. The molecule has 0 aliphatic carbocycles. The molecule has 3 heteroatoms. The molecule has 0 aliphatic rings. The van der Waals surface area contributed by atoms with Gasteiger partial charge in [0, 0.05) is 33.4 Å². The summed E-state index contributed by atoms with van der Waals surface area (Å²) in [5, 5.41) is 0. The van der Waals surface area contributed by atoms with Crippen LogP contribution in [-0.2, 0) is 25.7 Å². The maximum absolute atomic E-state index is 14.7. The first-order chi connectivity index (χ1) is 32.5. The average molecular weight is 954 g/mol. The van der Waals surface area contributed by atoms with E-state index in [1.807, 2.05) is 62.4 Å². The van der Waals surface area contributed by atoms with E-state index in [2.05, 4.69) is 134 Å². The van der Waals surface area contributed by atoms with Gasteiger partial charge >= 0.3 is 0 Å². The summed E-state index contributed by atoms with van der Waals surface area (Å²) in [7, 11) is 0. The fourth-order valence-electron chi connectivity index (χ4n) is 7.23. The van der Waals surface area contributed by atoms with Crippen molar-refractivity contribution in [3.8, 4) is 47.9 Å². The Labute approximate surface area is 411 Å². The summed E-state index contributed by atoms with van der Waals surface area (Å²) in [6.07, 6.45) is 22.4. The zero-order valence-electron chi connectivity index (χ0n) is 40.7. The van der Waals surface area contributed by atoms with Crippen molar-refractivity contribution in [2.24, 2.45) is 0 Å². The largest absolute Gasteiger partial charge is 0.206 e. The molecule has 0 atom stereocenters. The minimum absolute atomic E-state index is 0.279. The Balaban J connectivity index is 0.000000244. The van der Waals surface area contributed by atoms with Gasteiger partial charge in [0.15, 0.2) is 0 Å². The van der Waals surface area contributed by atoms with Crippen molar-refractivity contribution in [2.75, 3.05) is 0 Å². The lowest BCUT2D eigenvalue weighted by molar-refractivity contribution is 0.620. The number of terminal acetylenes is 1. The average Bonchev–Trinajstić information content (AvgIpc) is 3.34. The van der Waals surface area contributed by atoms with Gasteiger partial charge in [0.1, 0.15) is 11.6 Å². The molecular formula is C64H67BrF2. The van der Waals surface area contributed by atoms with Crippen LogP contribution < -0.4 is 0 Å². The third kappa shape index (κ3) is 19.7. The fourth-order valence-corrected chi connectivity index (χ4v) is 7.69. The minimum atomic E-state index is -0.330. The topological polar surface area (TPSA) is 0 Å². The zero-order chi connectivity index (χ0) is 48.2. The maximum atomic E-state index is 14.7. The predicted molar refractivity (Wildman–Crippen MR) is 285 cm³/mol. The number of rotatable bonds is 14. The van der Waals surface area contributed by atoms with Gasteiger partial charge in [-0.15, -0.1) is 6.42 Å². The summed E-state index contributed by atoms with van der Waals surface area (Å²) in [6, 6.07) is 39.7. The molecule has 6 rings (SSSR count). The highest BCUT2D eigenvalue weighted by Gasteiger charge is 2.06. The second-order valence-electron chi connectivity index (χ2n) is 17.0. The van der Waals surface area contributed by atoms with Crippen molar-refractivity contribution in [1.29, 1.82) is 0 Å². The number of benzene rings is 6. The summed E-state index contributed by atoms with van der Waals surface area (Å²) >= 11 is 3.18. The van der Waals surface area contributed by atoms with Crippen LogP contribution in [0.4, 0.5) is 8.78 Å². The molecule has 6 aromatic rings. The Morgan fingerprint density at radius 3 is 1.13 bits per heavy atom. The quantitative estimate of drug-likeness (QED) is 0.0754. The highest BCUT2D eigenvalue weighted by molar-refractivity contribution is 9.10. The van der Waals surface area contributed by atoms with E-state index in [1.165, 1.54) is 92.2 Å². The molecule has 67 heavy (non-hydrogen) atoms. The highest BCUT2D eigenvalue weighted by Crippen LogP contribution is 2.20. The van der Waals surface area contributed by atoms with Gasteiger partial charge in [0.2, 0.25) is 0 Å². The molecule has 0 unspecified atom stereocenters. The van der Waals surface area contributed by atoms with Gasteiger partial charge in [-0.3, -0.25) is 0 Å². The van der Waals surface area contributed by atoms with Crippen LogP contribution in [0.3, 0.4) is 0 Å². The minimum Gasteiger partial charge on any atom is -0.206 e. The lowest BCUT2D eigenvalue weighted by Crippen LogP contribution is -1.91. The van der Waals surface area contributed by atoms with Crippen LogP contribution in [-0.4, -0.2) is 0 Å². The molecule has 0 saturated heterocycles. The van der Waals surface area contributed by atoms with Crippen molar-refractivity contribution in [1.82, 2.24) is 0 Å². The fraction of sp³-hybridized carbons (Fsp3) is 0.312. The molecular weight excluding hydrogens is 887 g/mol. The zero-order valence-corrected chi connectivity index (χ0v) is 42.2. The first-order valence-corrected chi connectivity index (χ1v) is 25.0. The summed E-state index contributed by atoms with van der Waals surface area (Å²) in [5.41, 5.74) is 12.9. The molecule has 0 bridgehead atoms. The van der Waals surface area contributed by atoms with E-state index in [9.17, 15) is 8.78 Å². The van der Waals surface area contributed by atoms with E-state index in [0.29, 0.717) is 15.6 Å². The summed E-state index contributed by atoms with van der Waals surface area (Å²) in [5.74, 6) is 20.5. The van der Waals surface area contributed by atoms with Gasteiger partial charge in [-0.05, 0) is 174 Å². The molecule has 0 amide bonds. The van der Waals surface area contributed by atoms with Crippen molar-refractivity contribution in [3.05, 3.63) is 210 Å². The maximum Gasteiger partial charge on any atom is 0.140 e. The Kier molecular flexibility index (Phi) is 24.2. The van der Waals surface area contributed by atoms with Crippen molar-refractivity contribution >= 4 is 15.9 Å². The van der Waals surface area contributed by atoms with Gasteiger partial charge < -0.3 is 0 Å². The number of halogens is 3. The van der Waals surface area contributed by atoms with E-state index in [0.717, 1.165) is 71.0 Å². The Bertz CT molecular complexity index is 2660. The van der Waals surface area contributed by atoms with Crippen molar-refractivity contribution < 1.29 is 8.78 Å². The lowest BCUT2D eigenvalue weighted by Gasteiger charge is -2.02. The molecule has 0 N–H and O–H groups in total. The molecule has 0 radical (unpaired) electrons. The molecule has 6 aromatic carbocycles. The van der Waals surface area contributed by atoms with E-state index >= 15 is 0 Å². The summed E-state index contributed by atoms with van der Waals surface area (Å²) < 4.78 is 28.7. The smallest absolute Gasteiger partial charge is 0.140 e. The Morgan fingerprint density at radius 1 is 0.388 bits per heavy atom. The third-order valence-electron chi connectivity index (χ3n) is 11.3. The van der Waals surface area contributed by atoms with Crippen molar-refractivity contribution in [3.63, 3.8) is 0 Å². The van der Waals surface area contributed by atoms with Gasteiger partial charge in [-0.2, -0.15) is 0 Å². The SMILES string of the molecule is C#Cc1ccc(CCCCCC)cc1.CCCCCCc1ccc(C#Cc2cc(C)c(C#Cc3ccc(CCC)cc3)cc2F)cc1.CCCc1ccc(C#Cc2cc(F)c(Br)cc2C)cc1. The molecule has 0 aliphatic heterocycles. The van der Waals surface area contributed by atoms with E-state index in [4.69, 9.17) is 6.42 Å². The van der Waals surface area contributed by atoms with Crippen LogP contribution >= 0.6 is 15.9 Å². The van der Waals surface area contributed by atoms with Crippen molar-refractivity contribution in [2.45, 2.75) is 131 Å². The second-order valence-corrected chi connectivity index (χ2v) is 17.9. The first-order valence-electron chi connectivity index (χ1n) is 24.2. The molecule has 0 fully saturated rings. The van der Waals surface area contributed by atoms with E-state index in [-0.39, 0.29) is 11.6 Å². The monoisotopic (exact) mass is 952 g/mol. The third-order valence-corrected chi connectivity index (χ3v) is 11.9. The van der Waals surface area contributed by atoms with Crippen LogP contribution in [0.15, 0.2) is 126 Å². The predicted octanol–water partition coefficient (Wildman–Crippen LogP) is 17.0. The Morgan fingerprint density at radius 2 is 0.746 bits per heavy atom. The number of aryl methyl sites for hydroxylation is 6. The molecule has 344 valence electrons. The van der Waals surface area contributed by atoms with E-state index < -0.39 is 0 Å². The van der Waals surface area contributed by atoms with Crippen LogP contribution in [0.2, 0.25) is 0 Å². The second kappa shape index (κ2) is 30.2. The number of hydrogen-bond acceptors (Lipinski definition) is 0.